The van der Waals surface area contributed by atoms with Crippen molar-refractivity contribution in [2.75, 3.05) is 0 Å². The second-order valence-electron chi connectivity index (χ2n) is 3.16. The molecule has 1 aromatic heterocycles. The van der Waals surface area contributed by atoms with Crippen molar-refractivity contribution in [1.82, 2.24) is 0 Å². The molecule has 0 fully saturated rings. The predicted octanol–water partition coefficient (Wildman–Crippen LogP) is 6.04. The molecule has 84 valence electrons. The lowest BCUT2D eigenvalue weighted by Gasteiger charge is -2.11. The molecule has 2 rings (SSSR count). The molecule has 0 amide bonds. The van der Waals surface area contributed by atoms with Crippen molar-refractivity contribution < 1.29 is 0 Å². The zero-order valence-electron chi connectivity index (χ0n) is 7.88. The topological polar surface area (TPSA) is 0 Å². The third kappa shape index (κ3) is 2.49. The maximum absolute atomic E-state index is 6.34. The Morgan fingerprint density at radius 2 is 1.75 bits per heavy atom. The number of alkyl halides is 1. The van der Waals surface area contributed by atoms with Gasteiger partial charge in [0, 0.05) is 14.9 Å². The highest BCUT2D eigenvalue weighted by Gasteiger charge is 2.18. The van der Waals surface area contributed by atoms with Gasteiger partial charge in [-0.2, -0.15) is 0 Å². The van der Waals surface area contributed by atoms with Gasteiger partial charge in [-0.05, 0) is 35.2 Å². The second kappa shape index (κ2) is 5.16. The van der Waals surface area contributed by atoms with Crippen LogP contribution in [0.3, 0.4) is 0 Å². The smallest absolute Gasteiger partial charge is 0.0957 e. The monoisotopic (exact) mass is 310 g/mol. The van der Waals surface area contributed by atoms with E-state index in [0.29, 0.717) is 15.1 Å². The van der Waals surface area contributed by atoms with Crippen LogP contribution in [0.25, 0.3) is 0 Å². The summed E-state index contributed by atoms with van der Waals surface area (Å²) >= 11 is 25.9. The van der Waals surface area contributed by atoms with Gasteiger partial charge in [0.1, 0.15) is 0 Å². The molecule has 0 saturated heterocycles. The molecule has 5 heteroatoms. The number of benzene rings is 1. The molecule has 0 aliphatic heterocycles. The van der Waals surface area contributed by atoms with E-state index in [1.807, 2.05) is 11.4 Å². The molecule has 0 radical (unpaired) electrons. The molecule has 0 spiro atoms. The highest BCUT2D eigenvalue weighted by Crippen LogP contribution is 2.40. The van der Waals surface area contributed by atoms with E-state index in [1.165, 1.54) is 11.3 Å². The third-order valence-electron chi connectivity index (χ3n) is 2.11. The fourth-order valence-corrected chi connectivity index (χ4v) is 3.47. The first kappa shape index (κ1) is 12.5. The zero-order valence-corrected chi connectivity index (χ0v) is 11.7. The highest BCUT2D eigenvalue weighted by molar-refractivity contribution is 7.11. The molecule has 0 saturated carbocycles. The van der Waals surface area contributed by atoms with Crippen LogP contribution >= 0.6 is 57.7 Å². The molecule has 0 aliphatic carbocycles. The molecular formula is C11H6Cl4S. The van der Waals surface area contributed by atoms with Crippen LogP contribution in [0.1, 0.15) is 15.8 Å². The summed E-state index contributed by atoms with van der Waals surface area (Å²) in [6.45, 7) is 0. The first-order valence-electron chi connectivity index (χ1n) is 4.41. The van der Waals surface area contributed by atoms with Crippen LogP contribution in [0.15, 0.2) is 29.6 Å². The van der Waals surface area contributed by atoms with E-state index in [0.717, 1.165) is 10.4 Å². The van der Waals surface area contributed by atoms with Crippen molar-refractivity contribution in [3.05, 3.63) is 55.2 Å². The van der Waals surface area contributed by atoms with Crippen molar-refractivity contribution >= 4 is 57.7 Å². The van der Waals surface area contributed by atoms with Gasteiger partial charge in [-0.15, -0.1) is 22.9 Å². The molecular weight excluding hydrogens is 306 g/mol. The maximum Gasteiger partial charge on any atom is 0.0957 e. The fourth-order valence-electron chi connectivity index (χ4n) is 1.34. The fraction of sp³-hybridized carbons (Fsp3) is 0.0909. The van der Waals surface area contributed by atoms with Gasteiger partial charge in [-0.25, -0.2) is 0 Å². The van der Waals surface area contributed by atoms with Gasteiger partial charge in [-0.3, -0.25) is 0 Å². The van der Waals surface area contributed by atoms with Gasteiger partial charge in [0.2, 0.25) is 0 Å². The summed E-state index contributed by atoms with van der Waals surface area (Å²) in [6.07, 6.45) is 0. The Labute approximate surface area is 118 Å². The lowest BCUT2D eigenvalue weighted by molar-refractivity contribution is 1.18. The predicted molar refractivity (Wildman–Crippen MR) is 73.5 cm³/mol. The van der Waals surface area contributed by atoms with E-state index in [4.69, 9.17) is 46.4 Å². The molecule has 1 heterocycles. The maximum atomic E-state index is 6.34. The minimum absolute atomic E-state index is 0.362. The summed E-state index contributed by atoms with van der Waals surface area (Å²) in [5.74, 6) is 0. The number of hydrogen-bond donors (Lipinski definition) is 0. The molecule has 1 aromatic carbocycles. The standard InChI is InChI=1S/C11H6Cl4S/c12-6-1-2-8(13)7(5-6)10(15)11-9(14)3-4-16-11/h1-5,10H. The van der Waals surface area contributed by atoms with Crippen LogP contribution < -0.4 is 0 Å². The Morgan fingerprint density at radius 3 is 2.38 bits per heavy atom. The SMILES string of the molecule is Clc1ccc(Cl)c(C(Cl)c2sccc2Cl)c1. The zero-order chi connectivity index (χ0) is 11.7. The van der Waals surface area contributed by atoms with Crippen LogP contribution in [0.4, 0.5) is 0 Å². The van der Waals surface area contributed by atoms with Crippen LogP contribution in [0, 0.1) is 0 Å². The number of rotatable bonds is 2. The molecule has 0 nitrogen and oxygen atoms in total. The van der Waals surface area contributed by atoms with E-state index in [2.05, 4.69) is 0 Å². The van der Waals surface area contributed by atoms with Gasteiger partial charge < -0.3 is 0 Å². The molecule has 0 N–H and O–H groups in total. The van der Waals surface area contributed by atoms with E-state index >= 15 is 0 Å². The largest absolute Gasteiger partial charge is 0.145 e. The average Bonchev–Trinajstić information content (AvgIpc) is 2.67. The average molecular weight is 312 g/mol. The summed E-state index contributed by atoms with van der Waals surface area (Å²) in [6, 6.07) is 7.04. The van der Waals surface area contributed by atoms with Gasteiger partial charge in [0.05, 0.1) is 10.4 Å². The third-order valence-corrected chi connectivity index (χ3v) is 4.69. The van der Waals surface area contributed by atoms with Gasteiger partial charge >= 0.3 is 0 Å². The quantitative estimate of drug-likeness (QED) is 0.593. The van der Waals surface area contributed by atoms with Crippen molar-refractivity contribution in [1.29, 1.82) is 0 Å². The Bertz CT molecular complexity index is 506. The molecule has 0 aliphatic rings. The van der Waals surface area contributed by atoms with Gasteiger partial charge in [0.25, 0.3) is 0 Å². The first-order chi connectivity index (χ1) is 7.59. The van der Waals surface area contributed by atoms with Crippen LogP contribution in [0.2, 0.25) is 15.1 Å². The van der Waals surface area contributed by atoms with E-state index in [1.54, 1.807) is 18.2 Å². The molecule has 1 atom stereocenters. The van der Waals surface area contributed by atoms with E-state index in [-0.39, 0.29) is 5.38 Å². The lowest BCUT2D eigenvalue weighted by atomic mass is 10.1. The van der Waals surface area contributed by atoms with Crippen LogP contribution in [-0.2, 0) is 0 Å². The van der Waals surface area contributed by atoms with Crippen LogP contribution in [0.5, 0.6) is 0 Å². The Hall–Kier alpha value is 0.0800. The van der Waals surface area contributed by atoms with E-state index in [9.17, 15) is 0 Å². The van der Waals surface area contributed by atoms with E-state index < -0.39 is 0 Å². The molecule has 0 bridgehead atoms. The number of halogens is 4. The Morgan fingerprint density at radius 1 is 1.00 bits per heavy atom. The summed E-state index contributed by atoms with van der Waals surface area (Å²) in [5, 5.41) is 3.39. The first-order valence-corrected chi connectivity index (χ1v) is 6.86. The Kier molecular flexibility index (Phi) is 4.04. The summed E-state index contributed by atoms with van der Waals surface area (Å²) in [5.41, 5.74) is 0.778. The van der Waals surface area contributed by atoms with Crippen molar-refractivity contribution in [2.24, 2.45) is 0 Å². The number of thiophene rings is 1. The summed E-state index contributed by atoms with van der Waals surface area (Å²) < 4.78 is 0. The minimum atomic E-state index is -0.362. The van der Waals surface area contributed by atoms with Crippen LogP contribution in [-0.4, -0.2) is 0 Å². The van der Waals surface area contributed by atoms with Gasteiger partial charge in [0.15, 0.2) is 0 Å². The summed E-state index contributed by atoms with van der Waals surface area (Å²) in [4.78, 5) is 0.882. The highest BCUT2D eigenvalue weighted by atomic mass is 35.5. The van der Waals surface area contributed by atoms with Crippen molar-refractivity contribution in [3.63, 3.8) is 0 Å². The Balaban J connectivity index is 2.45. The number of hydrogen-bond acceptors (Lipinski definition) is 1. The molecule has 16 heavy (non-hydrogen) atoms. The minimum Gasteiger partial charge on any atom is -0.145 e. The lowest BCUT2D eigenvalue weighted by Crippen LogP contribution is -1.92. The summed E-state index contributed by atoms with van der Waals surface area (Å²) in [7, 11) is 0. The van der Waals surface area contributed by atoms with Crippen molar-refractivity contribution in [3.8, 4) is 0 Å². The molecule has 1 unspecified atom stereocenters. The molecule has 2 aromatic rings. The normalized spacial score (nSPS) is 12.8. The van der Waals surface area contributed by atoms with Crippen molar-refractivity contribution in [2.45, 2.75) is 5.38 Å². The van der Waals surface area contributed by atoms with Gasteiger partial charge in [-0.1, -0.05) is 34.8 Å². The second-order valence-corrected chi connectivity index (χ2v) is 5.80.